The van der Waals surface area contributed by atoms with Gasteiger partial charge >= 0.3 is 0 Å². The first-order valence-electron chi connectivity index (χ1n) is 9.93. The third-order valence-electron chi connectivity index (χ3n) is 4.43. The monoisotopic (exact) mass is 445 g/mol. The van der Waals surface area contributed by atoms with E-state index in [0.29, 0.717) is 11.3 Å². The minimum Gasteiger partial charge on any atom is -0.232 e. The quantitative estimate of drug-likeness (QED) is 0.503. The summed E-state index contributed by atoms with van der Waals surface area (Å²) < 4.78 is 26.1. The van der Waals surface area contributed by atoms with Crippen LogP contribution in [0.3, 0.4) is 0 Å². The van der Waals surface area contributed by atoms with Crippen LogP contribution in [0.4, 0.5) is 0 Å². The van der Waals surface area contributed by atoms with Crippen LogP contribution in [0.15, 0.2) is 35.5 Å². The molecule has 31 heavy (non-hydrogen) atoms. The summed E-state index contributed by atoms with van der Waals surface area (Å²) >= 11 is 0. The number of sulfonamides is 1. The van der Waals surface area contributed by atoms with Gasteiger partial charge in [-0.2, -0.15) is 10.2 Å². The van der Waals surface area contributed by atoms with Gasteiger partial charge in [0.25, 0.3) is 10.0 Å². The fourth-order valence-electron chi connectivity index (χ4n) is 3.21. The van der Waals surface area contributed by atoms with Crippen molar-refractivity contribution in [1.29, 1.82) is 0 Å². The van der Waals surface area contributed by atoms with Crippen LogP contribution in [0.2, 0.25) is 0 Å². The van der Waals surface area contributed by atoms with Crippen molar-refractivity contribution in [3.63, 3.8) is 0 Å². The number of nitrogens with zero attached hydrogens (tertiary/aromatic N) is 6. The molecular weight excluding hydrogens is 414 g/mol. The predicted molar refractivity (Wildman–Crippen MR) is 122 cm³/mol. The van der Waals surface area contributed by atoms with Gasteiger partial charge in [-0.1, -0.05) is 34.1 Å². The fraction of sp³-hybridized carbons (Fsp3) is 0.429. The van der Waals surface area contributed by atoms with Gasteiger partial charge in [-0.25, -0.2) is 32.6 Å². The second kappa shape index (κ2) is 9.97. The van der Waals surface area contributed by atoms with E-state index in [-0.39, 0.29) is 12.5 Å². The molecule has 4 rings (SSSR count). The molecule has 0 aliphatic carbocycles. The molecule has 0 spiro atoms. The van der Waals surface area contributed by atoms with Crippen LogP contribution < -0.4 is 5.14 Å². The highest BCUT2D eigenvalue weighted by Crippen LogP contribution is 2.15. The lowest BCUT2D eigenvalue weighted by atomic mass is 10.2. The summed E-state index contributed by atoms with van der Waals surface area (Å²) in [4.78, 5) is 8.44. The Bertz CT molecular complexity index is 1280. The molecular formula is C21H31N7O2S. The van der Waals surface area contributed by atoms with Crippen molar-refractivity contribution < 1.29 is 8.42 Å². The van der Waals surface area contributed by atoms with Crippen molar-refractivity contribution in [2.45, 2.75) is 65.8 Å². The second-order valence-corrected chi connectivity index (χ2v) is 8.63. The summed E-state index contributed by atoms with van der Waals surface area (Å²) in [6.07, 6.45) is 5.85. The smallest absolute Gasteiger partial charge is 0.232 e. The standard InChI is InChI=1S/C10H14N4O2S.C10H13N3.CH4/c1-3-4-8-5-6-9-12-7(2)10(14(9)13-8)17(11,15)16;1-3-4-9-5-6-10-11-8(2)7-13(10)12-9;/h5-6H,3-4H2,1-2H3,(H2,11,15,16);5-7H,3-4H2,1-2H3;1H4. The number of hydrogen-bond donors (Lipinski definition) is 1. The van der Waals surface area contributed by atoms with Gasteiger partial charge in [-0.05, 0) is 51.0 Å². The number of hydrogen-bond acceptors (Lipinski definition) is 6. The van der Waals surface area contributed by atoms with Gasteiger partial charge in [0.1, 0.15) is 0 Å². The summed E-state index contributed by atoms with van der Waals surface area (Å²) in [6.45, 7) is 7.78. The topological polar surface area (TPSA) is 121 Å². The maximum Gasteiger partial charge on any atom is 0.257 e. The largest absolute Gasteiger partial charge is 0.257 e. The van der Waals surface area contributed by atoms with E-state index in [2.05, 4.69) is 27.1 Å². The van der Waals surface area contributed by atoms with Crippen LogP contribution in [0.25, 0.3) is 11.3 Å². The van der Waals surface area contributed by atoms with Crippen LogP contribution in [-0.2, 0) is 22.9 Å². The molecule has 0 aliphatic rings. The molecule has 0 aliphatic heterocycles. The van der Waals surface area contributed by atoms with Crippen molar-refractivity contribution in [1.82, 2.24) is 29.2 Å². The van der Waals surface area contributed by atoms with Crippen LogP contribution in [0, 0.1) is 13.8 Å². The maximum atomic E-state index is 11.5. The molecule has 168 valence electrons. The Morgan fingerprint density at radius 3 is 2.06 bits per heavy atom. The molecule has 0 unspecified atom stereocenters. The molecule has 4 aromatic heterocycles. The lowest BCUT2D eigenvalue weighted by Crippen LogP contribution is -2.17. The maximum absolute atomic E-state index is 11.5. The lowest BCUT2D eigenvalue weighted by molar-refractivity contribution is 0.588. The zero-order chi connectivity index (χ0) is 21.9. The van der Waals surface area contributed by atoms with E-state index >= 15 is 0 Å². The van der Waals surface area contributed by atoms with Crippen molar-refractivity contribution in [2.75, 3.05) is 0 Å². The van der Waals surface area contributed by atoms with E-state index in [9.17, 15) is 8.42 Å². The highest BCUT2D eigenvalue weighted by Gasteiger charge is 2.20. The third-order valence-corrected chi connectivity index (χ3v) is 5.44. The van der Waals surface area contributed by atoms with E-state index < -0.39 is 10.0 Å². The zero-order valence-electron chi connectivity index (χ0n) is 17.7. The van der Waals surface area contributed by atoms with E-state index in [4.69, 9.17) is 5.14 Å². The highest BCUT2D eigenvalue weighted by molar-refractivity contribution is 7.89. The Labute approximate surface area is 183 Å². The van der Waals surface area contributed by atoms with Crippen molar-refractivity contribution in [3.05, 3.63) is 53.2 Å². The average molecular weight is 446 g/mol. The highest BCUT2D eigenvalue weighted by atomic mass is 32.2. The molecule has 0 fully saturated rings. The molecule has 0 bridgehead atoms. The van der Waals surface area contributed by atoms with Gasteiger partial charge in [0.15, 0.2) is 16.3 Å². The zero-order valence-corrected chi connectivity index (χ0v) is 18.5. The summed E-state index contributed by atoms with van der Waals surface area (Å²) in [5.41, 5.74) is 4.76. The van der Waals surface area contributed by atoms with Gasteiger partial charge in [-0.3, -0.25) is 0 Å². The van der Waals surface area contributed by atoms with E-state index in [1.165, 1.54) is 4.52 Å². The first-order valence-corrected chi connectivity index (χ1v) is 11.5. The van der Waals surface area contributed by atoms with Crippen molar-refractivity contribution in [3.8, 4) is 0 Å². The molecule has 10 heteroatoms. The van der Waals surface area contributed by atoms with Crippen molar-refractivity contribution >= 4 is 21.3 Å². The molecule has 4 heterocycles. The summed E-state index contributed by atoms with van der Waals surface area (Å²) in [7, 11) is -3.81. The molecule has 2 N–H and O–H groups in total. The summed E-state index contributed by atoms with van der Waals surface area (Å²) in [6, 6.07) is 7.66. The van der Waals surface area contributed by atoms with Gasteiger partial charge in [0, 0.05) is 0 Å². The second-order valence-electron chi connectivity index (χ2n) is 7.15. The minimum absolute atomic E-state index is 0. The molecule has 0 radical (unpaired) electrons. The SMILES string of the molecule is C.CCCc1ccc2nc(C)c(S(N)(=O)=O)n2n1.CCCc1ccc2nc(C)cn2n1. The Hall–Kier alpha value is -2.85. The summed E-state index contributed by atoms with van der Waals surface area (Å²) in [5, 5.41) is 13.8. The van der Waals surface area contributed by atoms with E-state index in [0.717, 1.165) is 48.4 Å². The van der Waals surface area contributed by atoms with E-state index in [1.807, 2.05) is 42.8 Å². The lowest BCUT2D eigenvalue weighted by Gasteiger charge is -2.01. The first kappa shape index (κ1) is 24.4. The number of aromatic nitrogens is 6. The normalized spacial score (nSPS) is 11.3. The number of aryl methyl sites for hydroxylation is 4. The minimum atomic E-state index is -3.81. The first-order chi connectivity index (χ1) is 14.2. The number of rotatable bonds is 5. The molecule has 0 atom stereocenters. The fourth-order valence-corrected chi connectivity index (χ4v) is 4.04. The molecule has 0 saturated carbocycles. The van der Waals surface area contributed by atoms with Gasteiger partial charge in [0.05, 0.1) is 29.0 Å². The van der Waals surface area contributed by atoms with Gasteiger partial charge in [0.2, 0.25) is 0 Å². The predicted octanol–water partition coefficient (Wildman–Crippen LogP) is 3.26. The molecule has 0 amide bonds. The molecule has 0 aromatic carbocycles. The number of primary sulfonamides is 1. The Kier molecular flexibility index (Phi) is 7.85. The Morgan fingerprint density at radius 2 is 1.48 bits per heavy atom. The molecule has 9 nitrogen and oxygen atoms in total. The number of nitrogens with two attached hydrogens (primary N) is 1. The average Bonchev–Trinajstić information content (AvgIpc) is 3.19. The van der Waals surface area contributed by atoms with Crippen LogP contribution in [-0.4, -0.2) is 37.6 Å². The number of fused-ring (bicyclic) bond motifs is 2. The molecule has 4 aromatic rings. The Balaban J connectivity index is 0.000000220. The number of imidazole rings is 2. The van der Waals surface area contributed by atoms with Crippen molar-refractivity contribution in [2.24, 2.45) is 5.14 Å². The Morgan fingerprint density at radius 1 is 0.903 bits per heavy atom. The van der Waals surface area contributed by atoms with E-state index in [1.54, 1.807) is 13.0 Å². The van der Waals surface area contributed by atoms with Gasteiger partial charge < -0.3 is 0 Å². The third kappa shape index (κ3) is 5.65. The molecule has 0 saturated heterocycles. The van der Waals surface area contributed by atoms with Gasteiger partial charge in [-0.15, -0.1) is 0 Å². The summed E-state index contributed by atoms with van der Waals surface area (Å²) in [5.74, 6) is 0. The van der Waals surface area contributed by atoms with Crippen LogP contribution >= 0.6 is 0 Å². The van der Waals surface area contributed by atoms with Crippen LogP contribution in [0.1, 0.15) is 56.9 Å². The van der Waals surface area contributed by atoms with Crippen LogP contribution in [0.5, 0.6) is 0 Å².